The first kappa shape index (κ1) is 14.1. The molecule has 1 aliphatic carbocycles. The second-order valence-electron chi connectivity index (χ2n) is 5.62. The third-order valence-electron chi connectivity index (χ3n) is 3.82. The Hall–Kier alpha value is -1.81. The maximum absolute atomic E-state index is 5.74. The van der Waals surface area contributed by atoms with Crippen LogP contribution in [0.4, 0.5) is 0 Å². The van der Waals surface area contributed by atoms with Gasteiger partial charge < -0.3 is 14.6 Å². The second kappa shape index (κ2) is 6.76. The van der Waals surface area contributed by atoms with Gasteiger partial charge in [0.1, 0.15) is 11.6 Å². The number of benzene rings is 1. The molecule has 0 amide bonds. The summed E-state index contributed by atoms with van der Waals surface area (Å²) in [5.74, 6) is 2.03. The number of nitrogens with zero attached hydrogens (tertiary/aromatic N) is 2. The Balaban J connectivity index is 1.46. The highest BCUT2D eigenvalue weighted by Gasteiger charge is 2.20. The summed E-state index contributed by atoms with van der Waals surface area (Å²) >= 11 is 0. The summed E-state index contributed by atoms with van der Waals surface area (Å²) in [5.41, 5.74) is 1.28. The van der Waals surface area contributed by atoms with Gasteiger partial charge in [-0.15, -0.1) is 0 Å². The summed E-state index contributed by atoms with van der Waals surface area (Å²) < 4.78 is 8.04. The molecule has 1 aromatic heterocycles. The molecule has 1 fully saturated rings. The monoisotopic (exact) mass is 285 g/mol. The van der Waals surface area contributed by atoms with Crippen molar-refractivity contribution < 1.29 is 4.74 Å². The van der Waals surface area contributed by atoms with Crippen LogP contribution in [0.15, 0.2) is 36.5 Å². The minimum atomic E-state index is 0.732. The predicted octanol–water partition coefficient (Wildman–Crippen LogP) is 2.91. The maximum Gasteiger partial charge on any atom is 0.119 e. The van der Waals surface area contributed by atoms with Gasteiger partial charge in [-0.05, 0) is 38.3 Å². The van der Waals surface area contributed by atoms with Gasteiger partial charge in [-0.25, -0.2) is 4.98 Å². The molecule has 0 atom stereocenters. The zero-order valence-corrected chi connectivity index (χ0v) is 12.6. The Morgan fingerprint density at radius 2 is 2.10 bits per heavy atom. The molecule has 21 heavy (non-hydrogen) atoms. The molecular weight excluding hydrogens is 262 g/mol. The topological polar surface area (TPSA) is 39.1 Å². The average molecular weight is 285 g/mol. The molecule has 0 bridgehead atoms. The zero-order valence-electron chi connectivity index (χ0n) is 12.6. The third kappa shape index (κ3) is 4.08. The van der Waals surface area contributed by atoms with Crippen LogP contribution in [-0.4, -0.2) is 22.2 Å². The van der Waals surface area contributed by atoms with E-state index >= 15 is 0 Å². The van der Waals surface area contributed by atoms with Crippen molar-refractivity contribution in [2.45, 2.75) is 45.3 Å². The van der Waals surface area contributed by atoms with Gasteiger partial charge >= 0.3 is 0 Å². The van der Waals surface area contributed by atoms with Crippen LogP contribution in [0.25, 0.3) is 0 Å². The van der Waals surface area contributed by atoms with Crippen molar-refractivity contribution in [1.29, 1.82) is 0 Å². The Kier molecular flexibility index (Phi) is 4.55. The van der Waals surface area contributed by atoms with Crippen molar-refractivity contribution >= 4 is 0 Å². The van der Waals surface area contributed by atoms with Gasteiger partial charge in [-0.3, -0.25) is 0 Å². The average Bonchev–Trinajstić information content (AvgIpc) is 3.27. The number of hydrogen-bond donors (Lipinski definition) is 1. The van der Waals surface area contributed by atoms with E-state index in [-0.39, 0.29) is 0 Å². The van der Waals surface area contributed by atoms with Gasteiger partial charge in [0.2, 0.25) is 0 Å². The van der Waals surface area contributed by atoms with Crippen LogP contribution in [0.5, 0.6) is 5.75 Å². The molecule has 112 valence electrons. The van der Waals surface area contributed by atoms with Crippen LogP contribution in [0.1, 0.15) is 30.8 Å². The lowest BCUT2D eigenvalue weighted by Gasteiger charge is -2.11. The number of para-hydroxylation sites is 1. The molecule has 0 unspecified atom stereocenters. The quantitative estimate of drug-likeness (QED) is 0.758. The van der Waals surface area contributed by atoms with Crippen molar-refractivity contribution in [3.63, 3.8) is 0 Å². The van der Waals surface area contributed by atoms with Crippen molar-refractivity contribution in [2.75, 3.05) is 6.61 Å². The van der Waals surface area contributed by atoms with E-state index in [1.54, 1.807) is 0 Å². The fraction of sp³-hybridized carbons (Fsp3) is 0.471. The van der Waals surface area contributed by atoms with Crippen LogP contribution in [-0.2, 0) is 13.1 Å². The van der Waals surface area contributed by atoms with E-state index in [9.17, 15) is 0 Å². The summed E-state index contributed by atoms with van der Waals surface area (Å²) in [6, 6.07) is 10.7. The van der Waals surface area contributed by atoms with Crippen molar-refractivity contribution in [1.82, 2.24) is 14.9 Å². The van der Waals surface area contributed by atoms with Gasteiger partial charge in [-0.1, -0.05) is 18.2 Å². The maximum atomic E-state index is 5.74. The Labute approximate surface area is 126 Å². The van der Waals surface area contributed by atoms with E-state index in [0.29, 0.717) is 0 Å². The van der Waals surface area contributed by atoms with E-state index < -0.39 is 0 Å². The lowest BCUT2D eigenvalue weighted by Crippen LogP contribution is -2.19. The van der Waals surface area contributed by atoms with Gasteiger partial charge in [0.05, 0.1) is 12.3 Å². The lowest BCUT2D eigenvalue weighted by atomic mass is 10.3. The summed E-state index contributed by atoms with van der Waals surface area (Å²) in [6.07, 6.45) is 5.61. The normalized spacial score (nSPS) is 14.3. The van der Waals surface area contributed by atoms with E-state index in [4.69, 9.17) is 4.74 Å². The second-order valence-corrected chi connectivity index (χ2v) is 5.62. The molecule has 3 rings (SSSR count). The van der Waals surface area contributed by atoms with E-state index in [0.717, 1.165) is 43.7 Å². The molecule has 1 heterocycles. The minimum Gasteiger partial charge on any atom is -0.494 e. The number of hydrogen-bond acceptors (Lipinski definition) is 3. The summed E-state index contributed by atoms with van der Waals surface area (Å²) in [5, 5.41) is 3.55. The minimum absolute atomic E-state index is 0.732. The van der Waals surface area contributed by atoms with Crippen molar-refractivity contribution in [3.05, 3.63) is 48.0 Å². The highest BCUT2D eigenvalue weighted by molar-refractivity contribution is 5.20. The van der Waals surface area contributed by atoms with Crippen molar-refractivity contribution in [2.24, 2.45) is 0 Å². The molecule has 4 heteroatoms. The SMILES string of the molecule is Cc1ncc(CNC2CC2)n1CCCOc1ccccc1. The molecule has 1 aliphatic rings. The molecule has 0 aliphatic heterocycles. The molecule has 0 radical (unpaired) electrons. The number of imidazole rings is 1. The zero-order chi connectivity index (χ0) is 14.5. The van der Waals surface area contributed by atoms with Gasteiger partial charge in [0.15, 0.2) is 0 Å². The van der Waals surface area contributed by atoms with Gasteiger partial charge in [0, 0.05) is 25.3 Å². The first-order valence-corrected chi connectivity index (χ1v) is 7.75. The van der Waals surface area contributed by atoms with E-state index in [1.807, 2.05) is 36.5 Å². The van der Waals surface area contributed by atoms with E-state index in [2.05, 4.69) is 21.8 Å². The molecular formula is C17H23N3O. The Morgan fingerprint density at radius 1 is 1.29 bits per heavy atom. The number of nitrogens with one attached hydrogen (secondary N) is 1. The number of aromatic nitrogens is 2. The molecule has 1 N–H and O–H groups in total. The van der Waals surface area contributed by atoms with Crippen LogP contribution < -0.4 is 10.1 Å². The van der Waals surface area contributed by atoms with Crippen LogP contribution in [0.3, 0.4) is 0 Å². The summed E-state index contributed by atoms with van der Waals surface area (Å²) in [6.45, 7) is 4.68. The molecule has 1 saturated carbocycles. The standard InChI is InChI=1S/C17H23N3O/c1-14-18-12-16(13-19-15-8-9-15)20(14)10-5-11-21-17-6-3-2-4-7-17/h2-4,6-7,12,15,19H,5,8-11,13H2,1H3. The highest BCUT2D eigenvalue weighted by Crippen LogP contribution is 2.19. The number of aryl methyl sites for hydroxylation is 1. The van der Waals surface area contributed by atoms with Gasteiger partial charge in [0.25, 0.3) is 0 Å². The first-order valence-electron chi connectivity index (χ1n) is 7.75. The number of ether oxygens (including phenoxy) is 1. The Morgan fingerprint density at radius 3 is 2.86 bits per heavy atom. The molecule has 0 saturated heterocycles. The number of rotatable bonds is 8. The summed E-state index contributed by atoms with van der Waals surface area (Å²) in [7, 11) is 0. The summed E-state index contributed by atoms with van der Waals surface area (Å²) in [4.78, 5) is 4.43. The fourth-order valence-electron chi connectivity index (χ4n) is 2.43. The van der Waals surface area contributed by atoms with Crippen LogP contribution in [0, 0.1) is 6.92 Å². The molecule has 1 aromatic carbocycles. The van der Waals surface area contributed by atoms with Crippen LogP contribution in [0.2, 0.25) is 0 Å². The smallest absolute Gasteiger partial charge is 0.119 e. The fourth-order valence-corrected chi connectivity index (χ4v) is 2.43. The molecule has 0 spiro atoms. The highest BCUT2D eigenvalue weighted by atomic mass is 16.5. The first-order chi connectivity index (χ1) is 10.3. The third-order valence-corrected chi connectivity index (χ3v) is 3.82. The Bertz CT molecular complexity index is 561. The molecule has 2 aromatic rings. The van der Waals surface area contributed by atoms with Crippen molar-refractivity contribution in [3.8, 4) is 5.75 Å². The van der Waals surface area contributed by atoms with Crippen LogP contribution >= 0.6 is 0 Å². The predicted molar refractivity (Wildman–Crippen MR) is 83.4 cm³/mol. The van der Waals surface area contributed by atoms with E-state index in [1.165, 1.54) is 18.5 Å². The molecule has 4 nitrogen and oxygen atoms in total. The van der Waals surface area contributed by atoms with Gasteiger partial charge in [-0.2, -0.15) is 0 Å². The lowest BCUT2D eigenvalue weighted by molar-refractivity contribution is 0.300. The largest absolute Gasteiger partial charge is 0.494 e.